The lowest BCUT2D eigenvalue weighted by molar-refractivity contribution is 0.0141. The average Bonchev–Trinajstić information content (AvgIpc) is 2.86. The number of ether oxygens (including phenoxy) is 1. The van der Waals surface area contributed by atoms with Gasteiger partial charge >= 0.3 is 0 Å². The maximum absolute atomic E-state index is 10.7. The second kappa shape index (κ2) is 10.6. The van der Waals surface area contributed by atoms with Crippen LogP contribution in [-0.2, 0) is 16.1 Å². The fourth-order valence-electron chi connectivity index (χ4n) is 3.92. The zero-order valence-electron chi connectivity index (χ0n) is 18.2. The number of thioether (sulfide) groups is 1. The van der Waals surface area contributed by atoms with Gasteiger partial charge in [-0.15, -0.1) is 11.8 Å². The maximum atomic E-state index is 10.7. The molecular formula is C29H28O2S. The summed E-state index contributed by atoms with van der Waals surface area (Å²) in [4.78, 5) is 0. The Labute approximate surface area is 194 Å². The molecule has 162 valence electrons. The third kappa shape index (κ3) is 4.97. The molecule has 32 heavy (non-hydrogen) atoms. The highest BCUT2D eigenvalue weighted by molar-refractivity contribution is 8.01. The summed E-state index contributed by atoms with van der Waals surface area (Å²) < 4.78 is 5.78. The molecule has 2 nitrogen and oxygen atoms in total. The van der Waals surface area contributed by atoms with E-state index in [1.807, 2.05) is 48.5 Å². The molecule has 0 aliphatic heterocycles. The van der Waals surface area contributed by atoms with E-state index in [-0.39, 0.29) is 0 Å². The molecule has 1 N–H and O–H groups in total. The Bertz CT molecular complexity index is 971. The quantitative estimate of drug-likeness (QED) is 0.234. The van der Waals surface area contributed by atoms with Gasteiger partial charge in [0.15, 0.2) is 0 Å². The van der Waals surface area contributed by atoms with Crippen molar-refractivity contribution in [1.29, 1.82) is 0 Å². The van der Waals surface area contributed by atoms with Crippen molar-refractivity contribution in [2.45, 2.75) is 29.8 Å². The molecular weight excluding hydrogens is 412 g/mol. The number of aliphatic hydroxyl groups is 1. The summed E-state index contributed by atoms with van der Waals surface area (Å²) in [5, 5.41) is 10.7. The van der Waals surface area contributed by atoms with E-state index in [0.29, 0.717) is 6.61 Å². The number of aliphatic hydroxyl groups excluding tert-OH is 1. The molecule has 4 aromatic carbocycles. The molecule has 4 aromatic rings. The van der Waals surface area contributed by atoms with Gasteiger partial charge in [-0.2, -0.15) is 0 Å². The van der Waals surface area contributed by atoms with Gasteiger partial charge in [-0.1, -0.05) is 121 Å². The van der Waals surface area contributed by atoms with Crippen LogP contribution in [0.15, 0.2) is 121 Å². The molecule has 0 bridgehead atoms. The lowest BCUT2D eigenvalue weighted by Crippen LogP contribution is -2.33. The van der Waals surface area contributed by atoms with Crippen LogP contribution in [-0.4, -0.2) is 16.6 Å². The van der Waals surface area contributed by atoms with E-state index in [0.717, 1.165) is 22.3 Å². The van der Waals surface area contributed by atoms with E-state index in [9.17, 15) is 5.11 Å². The minimum atomic E-state index is -0.653. The van der Waals surface area contributed by atoms with Crippen molar-refractivity contribution >= 4 is 11.8 Å². The van der Waals surface area contributed by atoms with Crippen molar-refractivity contribution in [1.82, 2.24) is 0 Å². The standard InChI is InChI=1S/C29H28O2S/c1-23(30)28(31-22-24-14-6-2-7-15-24)32-29(25-16-8-3-9-17-25,26-18-10-4-11-19-26)27-20-12-5-13-21-27/h2-21,23,28,30H,22H2,1H3/t23-,28?/m0/s1. The van der Waals surface area contributed by atoms with Crippen LogP contribution in [0.2, 0.25) is 0 Å². The van der Waals surface area contributed by atoms with E-state index in [2.05, 4.69) is 72.8 Å². The molecule has 0 aliphatic carbocycles. The summed E-state index contributed by atoms with van der Waals surface area (Å²) >= 11 is 1.65. The largest absolute Gasteiger partial charge is 0.390 e. The molecule has 0 spiro atoms. The lowest BCUT2D eigenvalue weighted by Gasteiger charge is -2.38. The first-order valence-electron chi connectivity index (χ1n) is 10.9. The monoisotopic (exact) mass is 440 g/mol. The van der Waals surface area contributed by atoms with Crippen LogP contribution in [0.1, 0.15) is 29.2 Å². The van der Waals surface area contributed by atoms with Crippen LogP contribution in [0.25, 0.3) is 0 Å². The predicted molar refractivity (Wildman–Crippen MR) is 133 cm³/mol. The van der Waals surface area contributed by atoms with Crippen molar-refractivity contribution < 1.29 is 9.84 Å². The summed E-state index contributed by atoms with van der Waals surface area (Å²) in [6.45, 7) is 2.24. The summed E-state index contributed by atoms with van der Waals surface area (Å²) in [6.07, 6.45) is -0.653. The second-order valence-electron chi connectivity index (χ2n) is 7.80. The highest BCUT2D eigenvalue weighted by Gasteiger charge is 2.40. The normalized spacial score (nSPS) is 13.4. The molecule has 4 rings (SSSR count). The fourth-order valence-corrected chi connectivity index (χ4v) is 5.42. The molecule has 0 radical (unpaired) electrons. The predicted octanol–water partition coefficient (Wildman–Crippen LogP) is 6.64. The molecule has 0 aromatic heterocycles. The third-order valence-electron chi connectivity index (χ3n) is 5.48. The summed E-state index contributed by atoms with van der Waals surface area (Å²) in [7, 11) is 0. The first kappa shape index (κ1) is 22.3. The molecule has 0 saturated carbocycles. The molecule has 0 saturated heterocycles. The van der Waals surface area contributed by atoms with E-state index in [1.165, 1.54) is 0 Å². The Hall–Kier alpha value is -2.85. The van der Waals surface area contributed by atoms with Crippen LogP contribution in [0.4, 0.5) is 0 Å². The van der Waals surface area contributed by atoms with Crippen molar-refractivity contribution in [2.75, 3.05) is 0 Å². The molecule has 0 heterocycles. The van der Waals surface area contributed by atoms with E-state index in [1.54, 1.807) is 18.7 Å². The zero-order chi connectivity index (χ0) is 22.2. The van der Waals surface area contributed by atoms with E-state index >= 15 is 0 Å². The second-order valence-corrected chi connectivity index (χ2v) is 9.12. The Morgan fingerprint density at radius 3 is 1.41 bits per heavy atom. The topological polar surface area (TPSA) is 29.5 Å². The van der Waals surface area contributed by atoms with Gasteiger partial charge in [0.1, 0.15) is 5.44 Å². The Morgan fingerprint density at radius 1 is 0.656 bits per heavy atom. The minimum Gasteiger partial charge on any atom is -0.390 e. The van der Waals surface area contributed by atoms with Gasteiger partial charge in [0, 0.05) is 0 Å². The van der Waals surface area contributed by atoms with Gasteiger partial charge in [-0.3, -0.25) is 0 Å². The fraction of sp³-hybridized carbons (Fsp3) is 0.172. The van der Waals surface area contributed by atoms with Crippen LogP contribution in [0.3, 0.4) is 0 Å². The first-order chi connectivity index (χ1) is 15.7. The van der Waals surface area contributed by atoms with Crippen LogP contribution < -0.4 is 0 Å². The van der Waals surface area contributed by atoms with Gasteiger partial charge in [0.25, 0.3) is 0 Å². The molecule has 3 heteroatoms. The molecule has 0 aliphatic rings. The average molecular weight is 441 g/mol. The Balaban J connectivity index is 1.80. The summed E-state index contributed by atoms with van der Waals surface area (Å²) in [5.74, 6) is 0. The van der Waals surface area contributed by atoms with E-state index < -0.39 is 16.3 Å². The van der Waals surface area contributed by atoms with Gasteiger partial charge < -0.3 is 9.84 Å². The zero-order valence-corrected chi connectivity index (χ0v) is 19.0. The van der Waals surface area contributed by atoms with Crippen LogP contribution in [0, 0.1) is 0 Å². The number of rotatable bonds is 9. The van der Waals surface area contributed by atoms with E-state index in [4.69, 9.17) is 4.74 Å². The lowest BCUT2D eigenvalue weighted by atomic mass is 9.84. The summed E-state index contributed by atoms with van der Waals surface area (Å²) in [6, 6.07) is 41.5. The number of hydrogen-bond acceptors (Lipinski definition) is 3. The molecule has 2 atom stereocenters. The first-order valence-corrected chi connectivity index (χ1v) is 11.8. The smallest absolute Gasteiger partial charge is 0.130 e. The van der Waals surface area contributed by atoms with Crippen molar-refractivity contribution in [3.05, 3.63) is 144 Å². The molecule has 1 unspecified atom stereocenters. The molecule has 0 amide bonds. The number of benzene rings is 4. The SMILES string of the molecule is C[C@H](O)C(OCc1ccccc1)SC(c1ccccc1)(c1ccccc1)c1ccccc1. The van der Waals surface area contributed by atoms with Crippen LogP contribution >= 0.6 is 11.8 Å². The minimum absolute atomic E-state index is 0.434. The summed E-state index contributed by atoms with van der Waals surface area (Å²) in [5.41, 5.74) is 4.10. The maximum Gasteiger partial charge on any atom is 0.130 e. The van der Waals surface area contributed by atoms with Gasteiger partial charge in [0.05, 0.1) is 17.5 Å². The van der Waals surface area contributed by atoms with Crippen LogP contribution in [0.5, 0.6) is 0 Å². The Kier molecular flexibility index (Phi) is 7.43. The Morgan fingerprint density at radius 2 is 1.03 bits per heavy atom. The highest BCUT2D eigenvalue weighted by Crippen LogP contribution is 2.51. The van der Waals surface area contributed by atoms with Gasteiger partial charge in [-0.25, -0.2) is 0 Å². The highest BCUT2D eigenvalue weighted by atomic mass is 32.2. The van der Waals surface area contributed by atoms with Crippen molar-refractivity contribution in [3.63, 3.8) is 0 Å². The van der Waals surface area contributed by atoms with Gasteiger partial charge in [0.2, 0.25) is 0 Å². The van der Waals surface area contributed by atoms with Crippen molar-refractivity contribution in [3.8, 4) is 0 Å². The third-order valence-corrected chi connectivity index (χ3v) is 7.31. The van der Waals surface area contributed by atoms with Gasteiger partial charge in [-0.05, 0) is 29.2 Å². The molecule has 0 fully saturated rings. The van der Waals surface area contributed by atoms with Crippen molar-refractivity contribution in [2.24, 2.45) is 0 Å². The number of hydrogen-bond donors (Lipinski definition) is 1.